The highest BCUT2D eigenvalue weighted by Gasteiger charge is 2.25. The lowest BCUT2D eigenvalue weighted by atomic mass is 9.92. The molecule has 4 heteroatoms. The number of hydrogen-bond acceptors (Lipinski definition) is 3. The van der Waals surface area contributed by atoms with Crippen LogP contribution in [0.2, 0.25) is 0 Å². The molecule has 3 nitrogen and oxygen atoms in total. The molecule has 2 unspecified atom stereocenters. The molecule has 96 valence electrons. The monoisotopic (exact) mass is 248 g/mol. The van der Waals surface area contributed by atoms with Gasteiger partial charge in [-0.3, -0.25) is 0 Å². The SMILES string of the molecule is COC1CCCCC1Nc1ccc(F)cc1C#N. The van der Waals surface area contributed by atoms with E-state index < -0.39 is 0 Å². The molecule has 2 atom stereocenters. The second-order valence-corrected chi connectivity index (χ2v) is 4.61. The van der Waals surface area contributed by atoms with Gasteiger partial charge in [-0.15, -0.1) is 0 Å². The van der Waals surface area contributed by atoms with Gasteiger partial charge in [0.1, 0.15) is 11.9 Å². The Hall–Kier alpha value is -1.60. The van der Waals surface area contributed by atoms with Gasteiger partial charge in [0.25, 0.3) is 0 Å². The number of rotatable bonds is 3. The van der Waals surface area contributed by atoms with Crippen LogP contribution in [0.25, 0.3) is 0 Å². The summed E-state index contributed by atoms with van der Waals surface area (Å²) in [6.07, 6.45) is 4.53. The van der Waals surface area contributed by atoms with E-state index in [-0.39, 0.29) is 18.0 Å². The number of hydrogen-bond donors (Lipinski definition) is 1. The molecule has 0 spiro atoms. The molecule has 1 aromatic rings. The number of methoxy groups -OCH3 is 1. The minimum atomic E-state index is -0.385. The molecule has 1 saturated carbocycles. The normalized spacial score (nSPS) is 23.4. The topological polar surface area (TPSA) is 45.0 Å². The summed E-state index contributed by atoms with van der Waals surface area (Å²) in [5, 5.41) is 12.3. The van der Waals surface area contributed by atoms with Crippen LogP contribution in [0, 0.1) is 17.1 Å². The molecule has 0 aliphatic heterocycles. The number of halogens is 1. The Bertz CT molecular complexity index is 456. The van der Waals surface area contributed by atoms with Crippen molar-refractivity contribution in [3.05, 3.63) is 29.6 Å². The van der Waals surface area contributed by atoms with Crippen molar-refractivity contribution in [1.29, 1.82) is 5.26 Å². The van der Waals surface area contributed by atoms with E-state index in [0.29, 0.717) is 11.3 Å². The van der Waals surface area contributed by atoms with Crippen LogP contribution in [0.15, 0.2) is 18.2 Å². The van der Waals surface area contributed by atoms with Crippen molar-refractivity contribution in [3.8, 4) is 6.07 Å². The number of nitriles is 1. The molecule has 1 aliphatic rings. The lowest BCUT2D eigenvalue weighted by molar-refractivity contribution is 0.0606. The molecule has 0 aromatic heterocycles. The summed E-state index contributed by atoms with van der Waals surface area (Å²) < 4.78 is 18.5. The maximum atomic E-state index is 13.1. The molecule has 0 radical (unpaired) electrons. The second-order valence-electron chi connectivity index (χ2n) is 4.61. The van der Waals surface area contributed by atoms with Crippen molar-refractivity contribution in [2.45, 2.75) is 37.8 Å². The number of nitrogens with one attached hydrogen (secondary N) is 1. The summed E-state index contributed by atoms with van der Waals surface area (Å²) in [5.74, 6) is -0.385. The smallest absolute Gasteiger partial charge is 0.124 e. The number of ether oxygens (including phenoxy) is 1. The summed E-state index contributed by atoms with van der Waals surface area (Å²) >= 11 is 0. The van der Waals surface area contributed by atoms with Crippen molar-refractivity contribution in [2.75, 3.05) is 12.4 Å². The van der Waals surface area contributed by atoms with Crippen molar-refractivity contribution in [1.82, 2.24) is 0 Å². The van der Waals surface area contributed by atoms with E-state index in [1.807, 2.05) is 6.07 Å². The lowest BCUT2D eigenvalue weighted by Gasteiger charge is -2.32. The molecule has 0 heterocycles. The van der Waals surface area contributed by atoms with Gasteiger partial charge in [-0.25, -0.2) is 4.39 Å². The van der Waals surface area contributed by atoms with Gasteiger partial charge < -0.3 is 10.1 Å². The van der Waals surface area contributed by atoms with Gasteiger partial charge >= 0.3 is 0 Å². The third-order valence-corrected chi connectivity index (χ3v) is 3.45. The van der Waals surface area contributed by atoms with Crippen LogP contribution in [0.5, 0.6) is 0 Å². The first-order valence-corrected chi connectivity index (χ1v) is 6.23. The van der Waals surface area contributed by atoms with E-state index in [0.717, 1.165) is 19.3 Å². The van der Waals surface area contributed by atoms with Gasteiger partial charge in [-0.2, -0.15) is 5.26 Å². The van der Waals surface area contributed by atoms with Gasteiger partial charge in [0.15, 0.2) is 0 Å². The number of anilines is 1. The Balaban J connectivity index is 2.15. The highest BCUT2D eigenvalue weighted by atomic mass is 19.1. The zero-order valence-corrected chi connectivity index (χ0v) is 10.4. The van der Waals surface area contributed by atoms with Crippen LogP contribution >= 0.6 is 0 Å². The van der Waals surface area contributed by atoms with E-state index in [2.05, 4.69) is 5.32 Å². The van der Waals surface area contributed by atoms with E-state index in [1.165, 1.54) is 18.6 Å². The molecule has 0 amide bonds. The van der Waals surface area contributed by atoms with Gasteiger partial charge in [-0.05, 0) is 31.0 Å². The number of nitrogens with zero attached hydrogens (tertiary/aromatic N) is 1. The molecule has 2 rings (SSSR count). The Morgan fingerprint density at radius 1 is 1.39 bits per heavy atom. The van der Waals surface area contributed by atoms with E-state index in [9.17, 15) is 4.39 Å². The summed E-state index contributed by atoms with van der Waals surface area (Å²) in [5.41, 5.74) is 1.03. The molecule has 18 heavy (non-hydrogen) atoms. The van der Waals surface area contributed by atoms with Crippen molar-refractivity contribution >= 4 is 5.69 Å². The third kappa shape index (κ3) is 2.80. The van der Waals surface area contributed by atoms with Gasteiger partial charge in [0.05, 0.1) is 23.4 Å². The van der Waals surface area contributed by atoms with Crippen LogP contribution in [0.3, 0.4) is 0 Å². The molecular weight excluding hydrogens is 231 g/mol. The second kappa shape index (κ2) is 5.83. The Morgan fingerprint density at radius 3 is 2.89 bits per heavy atom. The van der Waals surface area contributed by atoms with E-state index >= 15 is 0 Å². The van der Waals surface area contributed by atoms with E-state index in [4.69, 9.17) is 10.00 Å². The quantitative estimate of drug-likeness (QED) is 0.894. The molecule has 1 aliphatic carbocycles. The van der Waals surface area contributed by atoms with Gasteiger partial charge in [0.2, 0.25) is 0 Å². The van der Waals surface area contributed by atoms with Crippen LogP contribution in [0.1, 0.15) is 31.2 Å². The summed E-state index contributed by atoms with van der Waals surface area (Å²) in [6.45, 7) is 0. The lowest BCUT2D eigenvalue weighted by Crippen LogP contribution is -2.37. The van der Waals surface area contributed by atoms with Crippen LogP contribution in [-0.2, 0) is 4.74 Å². The molecule has 0 saturated heterocycles. The Kier molecular flexibility index (Phi) is 4.16. The van der Waals surface area contributed by atoms with Crippen LogP contribution < -0.4 is 5.32 Å². The molecule has 1 aromatic carbocycles. The van der Waals surface area contributed by atoms with E-state index in [1.54, 1.807) is 13.2 Å². The first-order chi connectivity index (χ1) is 8.74. The third-order valence-electron chi connectivity index (χ3n) is 3.45. The fraction of sp³-hybridized carbons (Fsp3) is 0.500. The largest absolute Gasteiger partial charge is 0.379 e. The average Bonchev–Trinajstić information content (AvgIpc) is 2.41. The molecule has 1 N–H and O–H groups in total. The Morgan fingerprint density at radius 2 is 2.17 bits per heavy atom. The summed E-state index contributed by atoms with van der Waals surface area (Å²) in [6, 6.07) is 6.46. The maximum Gasteiger partial charge on any atom is 0.124 e. The minimum absolute atomic E-state index is 0.162. The average molecular weight is 248 g/mol. The Labute approximate surface area is 107 Å². The first kappa shape index (κ1) is 12.8. The zero-order chi connectivity index (χ0) is 13.0. The highest BCUT2D eigenvalue weighted by Crippen LogP contribution is 2.26. The summed E-state index contributed by atoms with van der Waals surface area (Å²) in [7, 11) is 1.71. The summed E-state index contributed by atoms with van der Waals surface area (Å²) in [4.78, 5) is 0. The molecule has 0 bridgehead atoms. The van der Waals surface area contributed by atoms with Crippen molar-refractivity contribution < 1.29 is 9.13 Å². The molecular formula is C14H17FN2O. The predicted octanol–water partition coefficient (Wildman–Crippen LogP) is 3.07. The highest BCUT2D eigenvalue weighted by molar-refractivity contribution is 5.58. The van der Waals surface area contributed by atoms with Crippen molar-refractivity contribution in [3.63, 3.8) is 0 Å². The van der Waals surface area contributed by atoms with Crippen molar-refractivity contribution in [2.24, 2.45) is 0 Å². The standard InChI is InChI=1S/C14H17FN2O/c1-18-14-5-3-2-4-13(14)17-12-7-6-11(15)8-10(12)9-16/h6-8,13-14,17H,2-5H2,1H3. The minimum Gasteiger partial charge on any atom is -0.379 e. The van der Waals surface area contributed by atoms with Gasteiger partial charge in [-0.1, -0.05) is 12.8 Å². The van der Waals surface area contributed by atoms with Crippen LogP contribution in [0.4, 0.5) is 10.1 Å². The van der Waals surface area contributed by atoms with Gasteiger partial charge in [0, 0.05) is 7.11 Å². The fourth-order valence-corrected chi connectivity index (χ4v) is 2.48. The fourth-order valence-electron chi connectivity index (χ4n) is 2.48. The first-order valence-electron chi connectivity index (χ1n) is 6.23. The zero-order valence-electron chi connectivity index (χ0n) is 10.4. The predicted molar refractivity (Wildman–Crippen MR) is 67.8 cm³/mol. The van der Waals surface area contributed by atoms with Crippen LogP contribution in [-0.4, -0.2) is 19.3 Å². The molecule has 1 fully saturated rings. The maximum absolute atomic E-state index is 13.1. The number of benzene rings is 1.